The molecule has 0 unspecified atom stereocenters. The number of nitrogens with one attached hydrogen (secondary N) is 1. The zero-order chi connectivity index (χ0) is 19.4. The lowest BCUT2D eigenvalue weighted by molar-refractivity contribution is -0.141. The Morgan fingerprint density at radius 3 is 2.63 bits per heavy atom. The van der Waals surface area contributed by atoms with E-state index in [1.54, 1.807) is 0 Å². The Morgan fingerprint density at radius 1 is 1.26 bits per heavy atom. The smallest absolute Gasteiger partial charge is 0.378 e. The molecule has 2 aromatic rings. The summed E-state index contributed by atoms with van der Waals surface area (Å²) in [5.74, 6) is 0.630. The van der Waals surface area contributed by atoms with Crippen molar-refractivity contribution >= 4 is 11.7 Å². The number of aryl methyl sites for hydroxylation is 1. The maximum atomic E-state index is 12.5. The summed E-state index contributed by atoms with van der Waals surface area (Å²) < 4.78 is 42.9. The molecule has 3 rings (SSSR count). The van der Waals surface area contributed by atoms with Gasteiger partial charge in [-0.2, -0.15) is 13.2 Å². The zero-order valence-electron chi connectivity index (χ0n) is 14.6. The molecule has 1 amide bonds. The number of ether oxygens (including phenoxy) is 1. The molecule has 144 valence electrons. The summed E-state index contributed by atoms with van der Waals surface area (Å²) in [6.45, 7) is 4.57. The van der Waals surface area contributed by atoms with E-state index in [4.69, 9.17) is 4.74 Å². The van der Waals surface area contributed by atoms with Gasteiger partial charge in [-0.1, -0.05) is 0 Å². The molecular formula is C17H18F3N5O2. The molecule has 1 saturated heterocycles. The van der Waals surface area contributed by atoms with Crippen LogP contribution in [0, 0.1) is 6.92 Å². The number of hydrogen-bond donors (Lipinski definition) is 1. The van der Waals surface area contributed by atoms with E-state index in [0.717, 1.165) is 42.9 Å². The van der Waals surface area contributed by atoms with Crippen molar-refractivity contribution in [1.82, 2.24) is 20.3 Å². The highest BCUT2D eigenvalue weighted by Gasteiger charge is 2.32. The molecule has 0 spiro atoms. The predicted octanol–water partition coefficient (Wildman–Crippen LogP) is 1.97. The average Bonchev–Trinajstić information content (AvgIpc) is 2.66. The Morgan fingerprint density at radius 2 is 2.00 bits per heavy atom. The van der Waals surface area contributed by atoms with Crippen molar-refractivity contribution in [2.45, 2.75) is 19.6 Å². The van der Waals surface area contributed by atoms with Crippen molar-refractivity contribution in [3.05, 3.63) is 47.2 Å². The van der Waals surface area contributed by atoms with Crippen LogP contribution in [0.3, 0.4) is 0 Å². The molecule has 0 atom stereocenters. The van der Waals surface area contributed by atoms with Gasteiger partial charge in [-0.3, -0.25) is 9.78 Å². The Labute approximate surface area is 153 Å². The highest BCUT2D eigenvalue weighted by Crippen LogP contribution is 2.27. The number of pyridine rings is 1. The van der Waals surface area contributed by atoms with Gasteiger partial charge in [0.15, 0.2) is 0 Å². The minimum absolute atomic E-state index is 0.0315. The van der Waals surface area contributed by atoms with Gasteiger partial charge in [0.2, 0.25) is 0 Å². The first-order valence-corrected chi connectivity index (χ1v) is 8.31. The van der Waals surface area contributed by atoms with Crippen molar-refractivity contribution in [2.24, 2.45) is 0 Å². The van der Waals surface area contributed by atoms with Gasteiger partial charge in [0.25, 0.3) is 5.91 Å². The van der Waals surface area contributed by atoms with Crippen LogP contribution in [0.1, 0.15) is 27.6 Å². The number of carbonyl (C=O) groups excluding carboxylic acids is 1. The zero-order valence-corrected chi connectivity index (χ0v) is 14.6. The molecule has 10 heteroatoms. The molecule has 7 nitrogen and oxygen atoms in total. The largest absolute Gasteiger partial charge is 0.433 e. The molecule has 1 fully saturated rings. The number of amides is 1. The van der Waals surface area contributed by atoms with E-state index in [-0.39, 0.29) is 12.1 Å². The van der Waals surface area contributed by atoms with Crippen molar-refractivity contribution in [3.63, 3.8) is 0 Å². The Hall–Kier alpha value is -2.75. The third kappa shape index (κ3) is 4.91. The van der Waals surface area contributed by atoms with E-state index in [0.29, 0.717) is 19.0 Å². The summed E-state index contributed by atoms with van der Waals surface area (Å²) in [5.41, 5.74) is -0.257. The predicted molar refractivity (Wildman–Crippen MR) is 90.2 cm³/mol. The second-order valence-electron chi connectivity index (χ2n) is 6.00. The third-order valence-electron chi connectivity index (χ3n) is 3.95. The Balaban J connectivity index is 1.65. The molecule has 3 heterocycles. The first-order valence-electron chi connectivity index (χ1n) is 8.31. The van der Waals surface area contributed by atoms with Gasteiger partial charge in [0.1, 0.15) is 17.3 Å². The van der Waals surface area contributed by atoms with Crippen LogP contribution >= 0.6 is 0 Å². The third-order valence-corrected chi connectivity index (χ3v) is 3.95. The number of morpholine rings is 1. The fraction of sp³-hybridized carbons (Fsp3) is 0.412. The molecule has 1 aliphatic rings. The number of halogens is 3. The summed E-state index contributed by atoms with van der Waals surface area (Å²) in [5, 5.41) is 2.60. The van der Waals surface area contributed by atoms with Gasteiger partial charge in [0, 0.05) is 31.0 Å². The first-order chi connectivity index (χ1) is 12.8. The summed E-state index contributed by atoms with van der Waals surface area (Å²) in [4.78, 5) is 26.2. The average molecular weight is 381 g/mol. The molecule has 0 aromatic carbocycles. The number of rotatable bonds is 4. The second kappa shape index (κ2) is 7.87. The lowest BCUT2D eigenvalue weighted by Gasteiger charge is -2.28. The summed E-state index contributed by atoms with van der Waals surface area (Å²) >= 11 is 0. The number of nitrogens with zero attached hydrogens (tertiary/aromatic N) is 4. The molecule has 27 heavy (non-hydrogen) atoms. The highest BCUT2D eigenvalue weighted by molar-refractivity contribution is 5.93. The van der Waals surface area contributed by atoms with E-state index < -0.39 is 17.8 Å². The number of aromatic nitrogens is 3. The van der Waals surface area contributed by atoms with E-state index >= 15 is 0 Å². The molecule has 0 saturated carbocycles. The van der Waals surface area contributed by atoms with Gasteiger partial charge in [-0.25, -0.2) is 9.97 Å². The summed E-state index contributed by atoms with van der Waals surface area (Å²) in [7, 11) is 0. The van der Waals surface area contributed by atoms with Crippen LogP contribution in [0.2, 0.25) is 0 Å². The Bertz CT molecular complexity index is 805. The number of alkyl halides is 3. The van der Waals surface area contributed by atoms with Gasteiger partial charge >= 0.3 is 6.18 Å². The quantitative estimate of drug-likeness (QED) is 0.872. The molecule has 1 aliphatic heterocycles. The topological polar surface area (TPSA) is 80.2 Å². The van der Waals surface area contributed by atoms with Crippen LogP contribution in [-0.2, 0) is 17.5 Å². The Kier molecular flexibility index (Phi) is 5.54. The van der Waals surface area contributed by atoms with Crippen LogP contribution in [0.15, 0.2) is 24.4 Å². The number of hydrogen-bond acceptors (Lipinski definition) is 6. The second-order valence-corrected chi connectivity index (χ2v) is 6.00. The maximum absolute atomic E-state index is 12.5. The van der Waals surface area contributed by atoms with Crippen LogP contribution in [-0.4, -0.2) is 47.2 Å². The van der Waals surface area contributed by atoms with Crippen LogP contribution < -0.4 is 10.2 Å². The maximum Gasteiger partial charge on any atom is 0.433 e. The van der Waals surface area contributed by atoms with E-state index in [1.807, 2.05) is 13.0 Å². The fourth-order valence-corrected chi connectivity index (χ4v) is 2.60. The normalized spacial score (nSPS) is 14.9. The lowest BCUT2D eigenvalue weighted by atomic mass is 10.2. The molecule has 0 bridgehead atoms. The van der Waals surface area contributed by atoms with E-state index in [9.17, 15) is 18.0 Å². The molecular weight excluding hydrogens is 363 g/mol. The van der Waals surface area contributed by atoms with Gasteiger partial charge in [-0.05, 0) is 19.1 Å². The number of anilines is 1. The first kappa shape index (κ1) is 19.0. The standard InChI is InChI=1S/C17H18F3N5O2/c1-11-8-15(25-4-6-27-7-5-25)24-14(23-11)10-22-16(26)12-2-3-13(21-9-12)17(18,19)20/h2-3,8-9H,4-7,10H2,1H3,(H,22,26). The van der Waals surface area contributed by atoms with Crippen molar-refractivity contribution in [3.8, 4) is 0 Å². The van der Waals surface area contributed by atoms with Crippen LogP contribution in [0.5, 0.6) is 0 Å². The van der Waals surface area contributed by atoms with Crippen LogP contribution in [0.25, 0.3) is 0 Å². The minimum Gasteiger partial charge on any atom is -0.378 e. The molecule has 2 aromatic heterocycles. The van der Waals surface area contributed by atoms with Crippen molar-refractivity contribution in [2.75, 3.05) is 31.2 Å². The van der Waals surface area contributed by atoms with Crippen molar-refractivity contribution < 1.29 is 22.7 Å². The molecule has 0 aliphatic carbocycles. The van der Waals surface area contributed by atoms with E-state index in [1.165, 1.54) is 0 Å². The summed E-state index contributed by atoms with van der Waals surface area (Å²) in [6.07, 6.45) is -3.64. The van der Waals surface area contributed by atoms with Gasteiger partial charge in [0.05, 0.1) is 25.3 Å². The minimum atomic E-state index is -4.54. The fourth-order valence-electron chi connectivity index (χ4n) is 2.60. The van der Waals surface area contributed by atoms with Gasteiger partial charge in [-0.15, -0.1) is 0 Å². The SMILES string of the molecule is Cc1cc(N2CCOCC2)nc(CNC(=O)c2ccc(C(F)(F)F)nc2)n1. The highest BCUT2D eigenvalue weighted by atomic mass is 19.4. The van der Waals surface area contributed by atoms with E-state index in [2.05, 4.69) is 25.2 Å². The number of carbonyl (C=O) groups is 1. The van der Waals surface area contributed by atoms with Crippen molar-refractivity contribution in [1.29, 1.82) is 0 Å². The van der Waals surface area contributed by atoms with Gasteiger partial charge < -0.3 is 15.0 Å². The van der Waals surface area contributed by atoms with Crippen LogP contribution in [0.4, 0.5) is 19.0 Å². The summed E-state index contributed by atoms with van der Waals surface area (Å²) in [6, 6.07) is 3.71. The molecule has 0 radical (unpaired) electrons. The monoisotopic (exact) mass is 381 g/mol. The lowest BCUT2D eigenvalue weighted by Crippen LogP contribution is -2.37. The molecule has 1 N–H and O–H groups in total.